The first-order valence-electron chi connectivity index (χ1n) is 5.81. The maximum atomic E-state index is 12.6. The normalized spacial score (nSPS) is 13.8. The summed E-state index contributed by atoms with van der Waals surface area (Å²) in [7, 11) is -2.16. The van der Waals surface area contributed by atoms with E-state index in [0.29, 0.717) is 13.2 Å². The molecule has 0 amide bonds. The van der Waals surface area contributed by atoms with E-state index in [0.717, 1.165) is 0 Å². The molecular weight excluding hydrogens is 309 g/mol. The predicted molar refractivity (Wildman–Crippen MR) is 77.4 cm³/mol. The summed E-state index contributed by atoms with van der Waals surface area (Å²) in [6.07, 6.45) is 0. The second kappa shape index (κ2) is 6.90. The second-order valence-electron chi connectivity index (χ2n) is 4.06. The molecule has 19 heavy (non-hydrogen) atoms. The van der Waals surface area contributed by atoms with Gasteiger partial charge in [-0.25, -0.2) is 8.42 Å². The molecule has 0 bridgehead atoms. The van der Waals surface area contributed by atoms with Gasteiger partial charge in [-0.2, -0.15) is 4.31 Å². The molecule has 0 unspecified atom stereocenters. The summed E-state index contributed by atoms with van der Waals surface area (Å²) < 4.78 is 31.5. The third-order valence-electron chi connectivity index (χ3n) is 2.71. The van der Waals surface area contributed by atoms with Crippen molar-refractivity contribution in [1.29, 1.82) is 0 Å². The lowest BCUT2D eigenvalue weighted by atomic mass is 10.3. The van der Waals surface area contributed by atoms with Crippen LogP contribution in [0, 0.1) is 0 Å². The third-order valence-corrected chi connectivity index (χ3v) is 5.78. The summed E-state index contributed by atoms with van der Waals surface area (Å²) in [6.45, 7) is 4.19. The average molecular weight is 326 g/mol. The van der Waals surface area contributed by atoms with Crippen molar-refractivity contribution in [3.05, 3.63) is 28.2 Å². The van der Waals surface area contributed by atoms with E-state index in [1.807, 2.05) is 0 Å². The van der Waals surface area contributed by atoms with Gasteiger partial charge in [-0.1, -0.05) is 36.2 Å². The molecule has 0 saturated carbocycles. The average Bonchev–Trinajstić information content (AvgIpc) is 2.33. The second-order valence-corrected chi connectivity index (χ2v) is 6.71. The van der Waals surface area contributed by atoms with Crippen molar-refractivity contribution in [2.24, 2.45) is 0 Å². The van der Waals surface area contributed by atoms with E-state index in [9.17, 15) is 8.42 Å². The largest absolute Gasteiger partial charge is 0.383 e. The maximum Gasteiger partial charge on any atom is 0.244 e. The van der Waals surface area contributed by atoms with E-state index in [1.54, 1.807) is 26.0 Å². The molecule has 0 radical (unpaired) electrons. The Morgan fingerprint density at radius 2 is 2.00 bits per heavy atom. The molecule has 4 nitrogen and oxygen atoms in total. The zero-order chi connectivity index (χ0) is 14.6. The number of methoxy groups -OCH3 is 1. The SMILES string of the molecule is CCN([C@@H](C)COC)S(=O)(=O)c1cccc(Cl)c1Cl. The van der Waals surface area contributed by atoms with Crippen LogP contribution in [0.5, 0.6) is 0 Å². The van der Waals surface area contributed by atoms with Crippen LogP contribution >= 0.6 is 23.2 Å². The summed E-state index contributed by atoms with van der Waals surface area (Å²) in [6, 6.07) is 4.29. The number of rotatable bonds is 6. The van der Waals surface area contributed by atoms with Gasteiger partial charge in [0.25, 0.3) is 0 Å². The van der Waals surface area contributed by atoms with Crippen molar-refractivity contribution in [3.8, 4) is 0 Å². The Kier molecular flexibility index (Phi) is 6.08. The highest BCUT2D eigenvalue weighted by Gasteiger charge is 2.30. The van der Waals surface area contributed by atoms with Crippen molar-refractivity contribution in [2.75, 3.05) is 20.3 Å². The van der Waals surface area contributed by atoms with Gasteiger partial charge in [-0.05, 0) is 19.1 Å². The van der Waals surface area contributed by atoms with Gasteiger partial charge in [0.15, 0.2) is 0 Å². The van der Waals surface area contributed by atoms with Crippen molar-refractivity contribution >= 4 is 33.2 Å². The number of ether oxygens (including phenoxy) is 1. The van der Waals surface area contributed by atoms with E-state index < -0.39 is 10.0 Å². The quantitative estimate of drug-likeness (QED) is 0.807. The molecule has 1 aromatic rings. The van der Waals surface area contributed by atoms with Gasteiger partial charge in [0.1, 0.15) is 4.90 Å². The van der Waals surface area contributed by atoms with Crippen LogP contribution in [0.25, 0.3) is 0 Å². The Morgan fingerprint density at radius 1 is 1.37 bits per heavy atom. The number of halogens is 2. The molecule has 0 heterocycles. The number of hydrogen-bond acceptors (Lipinski definition) is 3. The summed E-state index contributed by atoms with van der Waals surface area (Å²) in [5, 5.41) is 0.269. The molecule has 1 atom stereocenters. The molecule has 0 N–H and O–H groups in total. The predicted octanol–water partition coefficient (Wildman–Crippen LogP) is 3.04. The fourth-order valence-electron chi connectivity index (χ4n) is 1.85. The molecule has 0 spiro atoms. The molecule has 0 aromatic heterocycles. The lowest BCUT2D eigenvalue weighted by molar-refractivity contribution is 0.142. The Balaban J connectivity index is 3.25. The summed E-state index contributed by atoms with van der Waals surface area (Å²) in [5.41, 5.74) is 0. The number of sulfonamides is 1. The first-order chi connectivity index (χ1) is 8.86. The summed E-state index contributed by atoms with van der Waals surface area (Å²) in [4.78, 5) is 0.0199. The Hall–Kier alpha value is -0.330. The molecule has 1 aromatic carbocycles. The molecule has 0 aliphatic heterocycles. The number of hydrogen-bond donors (Lipinski definition) is 0. The van der Waals surface area contributed by atoms with Gasteiger partial charge < -0.3 is 4.74 Å². The molecule has 108 valence electrons. The Bertz CT molecular complexity index is 534. The standard InChI is InChI=1S/C12H17Cl2NO3S/c1-4-15(9(2)8-18-3)19(16,17)11-7-5-6-10(13)12(11)14/h5-7,9H,4,8H2,1-3H3/t9-/m0/s1. The van der Waals surface area contributed by atoms with Gasteiger partial charge in [0.05, 0.1) is 16.7 Å². The van der Waals surface area contributed by atoms with Crippen LogP contribution in [-0.2, 0) is 14.8 Å². The van der Waals surface area contributed by atoms with Gasteiger partial charge in [0, 0.05) is 19.7 Å². The summed E-state index contributed by atoms with van der Waals surface area (Å²) >= 11 is 11.9. The van der Waals surface area contributed by atoms with Gasteiger partial charge >= 0.3 is 0 Å². The van der Waals surface area contributed by atoms with Crippen LogP contribution < -0.4 is 0 Å². The van der Waals surface area contributed by atoms with Crippen LogP contribution in [0.4, 0.5) is 0 Å². The van der Waals surface area contributed by atoms with Gasteiger partial charge in [0.2, 0.25) is 10.0 Å². The van der Waals surface area contributed by atoms with Crippen molar-refractivity contribution in [3.63, 3.8) is 0 Å². The van der Waals surface area contributed by atoms with E-state index in [4.69, 9.17) is 27.9 Å². The molecule has 0 aliphatic carbocycles. The zero-order valence-electron chi connectivity index (χ0n) is 11.1. The molecule has 7 heteroatoms. The lowest BCUT2D eigenvalue weighted by Crippen LogP contribution is -2.40. The van der Waals surface area contributed by atoms with Crippen LogP contribution in [0.3, 0.4) is 0 Å². The molecule has 0 saturated heterocycles. The molecular formula is C12H17Cl2NO3S. The van der Waals surface area contributed by atoms with E-state index >= 15 is 0 Å². The fraction of sp³-hybridized carbons (Fsp3) is 0.500. The van der Waals surface area contributed by atoms with E-state index in [-0.39, 0.29) is 21.0 Å². The van der Waals surface area contributed by atoms with Crippen LogP contribution in [0.15, 0.2) is 23.1 Å². The highest BCUT2D eigenvalue weighted by Crippen LogP contribution is 2.31. The zero-order valence-corrected chi connectivity index (χ0v) is 13.4. The van der Waals surface area contributed by atoms with E-state index in [1.165, 1.54) is 17.5 Å². The third kappa shape index (κ3) is 3.61. The van der Waals surface area contributed by atoms with Crippen molar-refractivity contribution in [2.45, 2.75) is 24.8 Å². The molecule has 0 fully saturated rings. The minimum absolute atomic E-state index is 0.0199. The minimum Gasteiger partial charge on any atom is -0.383 e. The highest BCUT2D eigenvalue weighted by atomic mass is 35.5. The first kappa shape index (κ1) is 16.7. The number of benzene rings is 1. The fourth-order valence-corrected chi connectivity index (χ4v) is 4.22. The van der Waals surface area contributed by atoms with Crippen molar-refractivity contribution < 1.29 is 13.2 Å². The molecule has 0 aliphatic rings. The lowest BCUT2D eigenvalue weighted by Gasteiger charge is -2.27. The molecule has 1 rings (SSSR count). The van der Waals surface area contributed by atoms with Gasteiger partial charge in [-0.15, -0.1) is 0 Å². The Labute approximate surface area is 124 Å². The van der Waals surface area contributed by atoms with Crippen LogP contribution in [0.2, 0.25) is 10.0 Å². The monoisotopic (exact) mass is 325 g/mol. The highest BCUT2D eigenvalue weighted by molar-refractivity contribution is 7.89. The minimum atomic E-state index is -3.69. The van der Waals surface area contributed by atoms with Gasteiger partial charge in [-0.3, -0.25) is 0 Å². The first-order valence-corrected chi connectivity index (χ1v) is 8.00. The van der Waals surface area contributed by atoms with Crippen LogP contribution in [0.1, 0.15) is 13.8 Å². The van der Waals surface area contributed by atoms with E-state index in [2.05, 4.69) is 0 Å². The number of nitrogens with zero attached hydrogens (tertiary/aromatic N) is 1. The Morgan fingerprint density at radius 3 is 2.53 bits per heavy atom. The topological polar surface area (TPSA) is 46.6 Å². The smallest absolute Gasteiger partial charge is 0.244 e. The maximum absolute atomic E-state index is 12.6. The number of likely N-dealkylation sites (N-methyl/N-ethyl adjacent to an activating group) is 1. The van der Waals surface area contributed by atoms with Crippen molar-refractivity contribution in [1.82, 2.24) is 4.31 Å². The summed E-state index contributed by atoms with van der Waals surface area (Å²) in [5.74, 6) is 0. The van der Waals surface area contributed by atoms with Crippen LogP contribution in [-0.4, -0.2) is 39.0 Å².